The van der Waals surface area contributed by atoms with Gasteiger partial charge in [-0.3, -0.25) is 14.4 Å². The van der Waals surface area contributed by atoms with Crippen LogP contribution in [-0.4, -0.2) is 72.8 Å². The van der Waals surface area contributed by atoms with Crippen LogP contribution in [0.3, 0.4) is 0 Å². The highest BCUT2D eigenvalue weighted by atomic mass is 16.2. The summed E-state index contributed by atoms with van der Waals surface area (Å²) in [4.78, 5) is 44.6. The zero-order valence-electron chi connectivity index (χ0n) is 17.9. The monoisotopic (exact) mass is 412 g/mol. The molecule has 1 N–H and O–H groups in total. The van der Waals surface area contributed by atoms with Gasteiger partial charge in [0.05, 0.1) is 11.3 Å². The number of hydrogen-bond acceptors (Lipinski definition) is 4. The Morgan fingerprint density at radius 2 is 1.90 bits per heavy atom. The summed E-state index contributed by atoms with van der Waals surface area (Å²) in [6, 6.07) is 5.05. The van der Waals surface area contributed by atoms with Crippen molar-refractivity contribution in [3.05, 3.63) is 29.3 Å². The molecule has 162 valence electrons. The van der Waals surface area contributed by atoms with E-state index in [1.165, 1.54) is 24.2 Å². The van der Waals surface area contributed by atoms with Crippen LogP contribution in [0.2, 0.25) is 0 Å². The van der Waals surface area contributed by atoms with Gasteiger partial charge >= 0.3 is 0 Å². The van der Waals surface area contributed by atoms with E-state index in [0.29, 0.717) is 30.8 Å². The Labute approximate surface area is 178 Å². The Morgan fingerprint density at radius 1 is 1.10 bits per heavy atom. The Hall–Kier alpha value is -2.41. The summed E-state index contributed by atoms with van der Waals surface area (Å²) in [5.74, 6) is -0.423. The number of carbonyl (C=O) groups excluding carboxylic acids is 3. The topological polar surface area (TPSA) is 73.0 Å². The molecular formula is C23H32N4O3. The van der Waals surface area contributed by atoms with Crippen LogP contribution in [0.15, 0.2) is 18.2 Å². The molecule has 1 aromatic carbocycles. The van der Waals surface area contributed by atoms with E-state index in [4.69, 9.17) is 0 Å². The van der Waals surface area contributed by atoms with Gasteiger partial charge in [0.1, 0.15) is 12.6 Å². The smallest absolute Gasteiger partial charge is 0.256 e. The molecule has 0 spiro atoms. The van der Waals surface area contributed by atoms with Gasteiger partial charge in [-0.2, -0.15) is 0 Å². The predicted molar refractivity (Wildman–Crippen MR) is 116 cm³/mol. The highest BCUT2D eigenvalue weighted by Gasteiger charge is 2.42. The summed E-state index contributed by atoms with van der Waals surface area (Å²) in [6.45, 7) is 6.39. The molecule has 3 heterocycles. The van der Waals surface area contributed by atoms with Crippen LogP contribution < -0.4 is 10.2 Å². The molecule has 1 atom stereocenters. The van der Waals surface area contributed by atoms with Gasteiger partial charge in [-0.1, -0.05) is 18.1 Å². The van der Waals surface area contributed by atoms with Crippen molar-refractivity contribution in [2.45, 2.75) is 51.5 Å². The van der Waals surface area contributed by atoms with Crippen molar-refractivity contribution in [2.75, 3.05) is 44.2 Å². The Kier molecular flexibility index (Phi) is 6.37. The molecule has 30 heavy (non-hydrogen) atoms. The first-order valence-electron chi connectivity index (χ1n) is 11.3. The molecule has 0 bridgehead atoms. The summed E-state index contributed by atoms with van der Waals surface area (Å²) in [5.41, 5.74) is 2.04. The van der Waals surface area contributed by atoms with Crippen molar-refractivity contribution in [2.24, 2.45) is 0 Å². The second-order valence-corrected chi connectivity index (χ2v) is 8.71. The van der Waals surface area contributed by atoms with Crippen LogP contribution in [0, 0.1) is 6.92 Å². The number of likely N-dealkylation sites (tertiary alicyclic amines) is 1. The van der Waals surface area contributed by atoms with E-state index in [9.17, 15) is 14.4 Å². The molecule has 2 fully saturated rings. The highest BCUT2D eigenvalue weighted by molar-refractivity contribution is 6.12. The fourth-order valence-corrected chi connectivity index (χ4v) is 4.85. The second kappa shape index (κ2) is 9.16. The molecule has 3 amide bonds. The van der Waals surface area contributed by atoms with Gasteiger partial charge < -0.3 is 20.0 Å². The molecule has 3 aliphatic heterocycles. The number of hydrogen-bond donors (Lipinski definition) is 1. The third kappa shape index (κ3) is 4.36. The summed E-state index contributed by atoms with van der Waals surface area (Å²) in [6.07, 6.45) is 6.23. The number of fused-ring (bicyclic) bond motifs is 2. The Balaban J connectivity index is 1.41. The number of anilines is 1. The van der Waals surface area contributed by atoms with Crippen molar-refractivity contribution >= 4 is 23.4 Å². The summed E-state index contributed by atoms with van der Waals surface area (Å²) < 4.78 is 0. The molecule has 4 rings (SSSR count). The molecular weight excluding hydrogens is 380 g/mol. The standard InChI is InChI=1S/C23H32N4O3/c1-17-8-9-19-18(15-17)22(29)26-14-5-7-20(26)23(30)27(19)16-21(28)24-10-6-13-25-11-3-2-4-12-25/h8-9,15,20H,2-7,10-14,16H2,1H3,(H,24,28)/t20-/m0/s1. The fourth-order valence-electron chi connectivity index (χ4n) is 4.85. The molecule has 0 radical (unpaired) electrons. The van der Waals surface area contributed by atoms with Gasteiger partial charge in [0.25, 0.3) is 5.91 Å². The molecule has 0 saturated carbocycles. The number of aryl methyl sites for hydroxylation is 1. The normalized spacial score (nSPS) is 22.0. The first-order valence-corrected chi connectivity index (χ1v) is 11.3. The van der Waals surface area contributed by atoms with Crippen molar-refractivity contribution in [1.82, 2.24) is 15.1 Å². The van der Waals surface area contributed by atoms with Crippen LogP contribution >= 0.6 is 0 Å². The maximum atomic E-state index is 13.2. The van der Waals surface area contributed by atoms with Crippen LogP contribution in [0.1, 0.15) is 54.4 Å². The van der Waals surface area contributed by atoms with Crippen LogP contribution in [0.5, 0.6) is 0 Å². The van der Waals surface area contributed by atoms with E-state index in [-0.39, 0.29) is 24.3 Å². The molecule has 2 saturated heterocycles. The van der Waals surface area contributed by atoms with Crippen molar-refractivity contribution < 1.29 is 14.4 Å². The molecule has 0 aromatic heterocycles. The minimum Gasteiger partial charge on any atom is -0.355 e. The van der Waals surface area contributed by atoms with Gasteiger partial charge in [-0.05, 0) is 70.8 Å². The summed E-state index contributed by atoms with van der Waals surface area (Å²) >= 11 is 0. The first kappa shape index (κ1) is 20.8. The third-order valence-corrected chi connectivity index (χ3v) is 6.46. The number of nitrogens with one attached hydrogen (secondary N) is 1. The zero-order valence-corrected chi connectivity index (χ0v) is 17.9. The Bertz CT molecular complexity index is 819. The molecule has 0 aliphatic carbocycles. The number of nitrogens with zero attached hydrogens (tertiary/aromatic N) is 3. The van der Waals surface area contributed by atoms with Crippen molar-refractivity contribution in [3.8, 4) is 0 Å². The summed E-state index contributed by atoms with van der Waals surface area (Å²) in [5, 5.41) is 2.97. The SMILES string of the molecule is Cc1ccc2c(c1)C(=O)N1CCC[C@H]1C(=O)N2CC(=O)NCCCN1CCCCC1. The average molecular weight is 413 g/mol. The van der Waals surface area contributed by atoms with Gasteiger partial charge in [0.2, 0.25) is 11.8 Å². The lowest BCUT2D eigenvalue weighted by Gasteiger charge is -2.27. The molecule has 3 aliphatic rings. The maximum Gasteiger partial charge on any atom is 0.256 e. The van der Waals surface area contributed by atoms with Crippen LogP contribution in [0.4, 0.5) is 5.69 Å². The number of benzene rings is 1. The maximum absolute atomic E-state index is 13.2. The van der Waals surface area contributed by atoms with Gasteiger partial charge in [-0.15, -0.1) is 0 Å². The average Bonchev–Trinajstić information content (AvgIpc) is 3.22. The van der Waals surface area contributed by atoms with Crippen molar-refractivity contribution in [1.29, 1.82) is 0 Å². The van der Waals surface area contributed by atoms with E-state index < -0.39 is 6.04 Å². The van der Waals surface area contributed by atoms with E-state index in [0.717, 1.165) is 38.0 Å². The lowest BCUT2D eigenvalue weighted by atomic mass is 10.1. The highest BCUT2D eigenvalue weighted by Crippen LogP contribution is 2.32. The number of amides is 3. The van der Waals surface area contributed by atoms with E-state index in [2.05, 4.69) is 10.2 Å². The number of piperidine rings is 1. The van der Waals surface area contributed by atoms with Gasteiger partial charge in [-0.25, -0.2) is 0 Å². The lowest BCUT2D eigenvalue weighted by Crippen LogP contribution is -2.48. The van der Waals surface area contributed by atoms with Crippen LogP contribution in [-0.2, 0) is 9.59 Å². The van der Waals surface area contributed by atoms with E-state index in [1.807, 2.05) is 19.1 Å². The van der Waals surface area contributed by atoms with E-state index in [1.54, 1.807) is 11.0 Å². The molecule has 1 aromatic rings. The first-order chi connectivity index (χ1) is 14.5. The lowest BCUT2D eigenvalue weighted by molar-refractivity contribution is -0.125. The second-order valence-electron chi connectivity index (χ2n) is 8.71. The van der Waals surface area contributed by atoms with Gasteiger partial charge in [0.15, 0.2) is 0 Å². The third-order valence-electron chi connectivity index (χ3n) is 6.46. The largest absolute Gasteiger partial charge is 0.355 e. The zero-order chi connectivity index (χ0) is 21.1. The minimum atomic E-state index is -0.461. The van der Waals surface area contributed by atoms with Crippen molar-refractivity contribution in [3.63, 3.8) is 0 Å². The molecule has 7 nitrogen and oxygen atoms in total. The van der Waals surface area contributed by atoms with Gasteiger partial charge in [0, 0.05) is 13.1 Å². The Morgan fingerprint density at radius 3 is 2.70 bits per heavy atom. The molecule has 7 heteroatoms. The number of rotatable bonds is 6. The number of carbonyl (C=O) groups is 3. The fraction of sp³-hybridized carbons (Fsp3) is 0.609. The summed E-state index contributed by atoms with van der Waals surface area (Å²) in [7, 11) is 0. The minimum absolute atomic E-state index is 0.0454. The predicted octanol–water partition coefficient (Wildman–Crippen LogP) is 1.94. The molecule has 0 unspecified atom stereocenters. The quantitative estimate of drug-likeness (QED) is 0.725. The van der Waals surface area contributed by atoms with E-state index >= 15 is 0 Å². The van der Waals surface area contributed by atoms with Crippen LogP contribution in [0.25, 0.3) is 0 Å².